The second-order valence-corrected chi connectivity index (χ2v) is 3.64. The Balaban J connectivity index is 0.00000112. The summed E-state index contributed by atoms with van der Waals surface area (Å²) in [6, 6.07) is 5.71. The minimum Gasteiger partial charge on any atom is -0.478 e. The summed E-state index contributed by atoms with van der Waals surface area (Å²) >= 11 is 0. The molecule has 0 aliphatic carbocycles. The first kappa shape index (κ1) is 12.0. The van der Waals surface area contributed by atoms with E-state index in [1.807, 2.05) is 6.07 Å². The predicted octanol–water partition coefficient (Wildman–Crippen LogP) is 2.01. The standard InChI is InChI=1S/C11H13NO2.ClH/c1-7-10-3-2-9(11(13)14)6-8(10)4-5-12-7;/h2-3,6-7,12H,4-5H2,1H3,(H,13,14);1H. The van der Waals surface area contributed by atoms with Gasteiger partial charge in [-0.25, -0.2) is 4.79 Å². The van der Waals surface area contributed by atoms with E-state index in [9.17, 15) is 4.79 Å². The number of rotatable bonds is 1. The molecule has 82 valence electrons. The second-order valence-electron chi connectivity index (χ2n) is 3.64. The highest BCUT2D eigenvalue weighted by Crippen LogP contribution is 2.23. The number of hydrogen-bond acceptors (Lipinski definition) is 2. The van der Waals surface area contributed by atoms with Gasteiger partial charge >= 0.3 is 5.97 Å². The van der Waals surface area contributed by atoms with Gasteiger partial charge < -0.3 is 10.4 Å². The lowest BCUT2D eigenvalue weighted by Gasteiger charge is -2.23. The van der Waals surface area contributed by atoms with Gasteiger partial charge in [0.1, 0.15) is 0 Å². The molecule has 1 atom stereocenters. The van der Waals surface area contributed by atoms with E-state index in [1.54, 1.807) is 12.1 Å². The maximum Gasteiger partial charge on any atom is 0.335 e. The maximum absolute atomic E-state index is 10.8. The van der Waals surface area contributed by atoms with Gasteiger partial charge in [0.15, 0.2) is 0 Å². The number of halogens is 1. The molecule has 0 spiro atoms. The summed E-state index contributed by atoms with van der Waals surface area (Å²) in [5.74, 6) is -0.848. The summed E-state index contributed by atoms with van der Waals surface area (Å²) < 4.78 is 0. The fourth-order valence-electron chi connectivity index (χ4n) is 1.91. The lowest BCUT2D eigenvalue weighted by atomic mass is 9.93. The zero-order valence-electron chi connectivity index (χ0n) is 8.49. The molecule has 1 aromatic carbocycles. The van der Waals surface area contributed by atoms with Crippen molar-refractivity contribution >= 4 is 18.4 Å². The predicted molar refractivity (Wildman–Crippen MR) is 60.8 cm³/mol. The third-order valence-electron chi connectivity index (χ3n) is 2.70. The molecule has 3 nitrogen and oxygen atoms in total. The molecule has 0 amide bonds. The van der Waals surface area contributed by atoms with Gasteiger partial charge in [0.05, 0.1) is 5.56 Å². The molecule has 4 heteroatoms. The molecule has 0 saturated heterocycles. The van der Waals surface area contributed by atoms with Crippen molar-refractivity contribution in [1.82, 2.24) is 5.32 Å². The molecule has 0 radical (unpaired) electrons. The van der Waals surface area contributed by atoms with E-state index in [4.69, 9.17) is 5.11 Å². The first-order chi connectivity index (χ1) is 6.68. The quantitative estimate of drug-likeness (QED) is 0.772. The average molecular weight is 228 g/mol. The maximum atomic E-state index is 10.8. The fourth-order valence-corrected chi connectivity index (χ4v) is 1.91. The Kier molecular flexibility index (Phi) is 3.72. The minimum atomic E-state index is -0.848. The highest BCUT2D eigenvalue weighted by molar-refractivity contribution is 5.88. The third-order valence-corrected chi connectivity index (χ3v) is 2.70. The molecule has 0 aromatic heterocycles. The van der Waals surface area contributed by atoms with E-state index in [0.717, 1.165) is 18.5 Å². The summed E-state index contributed by atoms with van der Waals surface area (Å²) in [6.45, 7) is 3.02. The minimum absolute atomic E-state index is 0. The number of benzene rings is 1. The van der Waals surface area contributed by atoms with Gasteiger partial charge in [-0.05, 0) is 43.1 Å². The van der Waals surface area contributed by atoms with Crippen LogP contribution in [0.25, 0.3) is 0 Å². The first-order valence-corrected chi connectivity index (χ1v) is 4.78. The van der Waals surface area contributed by atoms with Crippen molar-refractivity contribution in [3.63, 3.8) is 0 Å². The molecule has 1 heterocycles. The van der Waals surface area contributed by atoms with Gasteiger partial charge in [0, 0.05) is 6.04 Å². The second kappa shape index (κ2) is 4.64. The topological polar surface area (TPSA) is 49.3 Å². The van der Waals surface area contributed by atoms with Crippen LogP contribution in [-0.4, -0.2) is 17.6 Å². The van der Waals surface area contributed by atoms with Crippen molar-refractivity contribution in [1.29, 1.82) is 0 Å². The van der Waals surface area contributed by atoms with E-state index in [0.29, 0.717) is 11.6 Å². The summed E-state index contributed by atoms with van der Waals surface area (Å²) in [6.07, 6.45) is 0.917. The molecule has 0 bridgehead atoms. The molecule has 1 aliphatic rings. The zero-order chi connectivity index (χ0) is 10.1. The zero-order valence-corrected chi connectivity index (χ0v) is 9.30. The molecule has 0 fully saturated rings. The van der Waals surface area contributed by atoms with E-state index >= 15 is 0 Å². The summed E-state index contributed by atoms with van der Waals surface area (Å²) in [4.78, 5) is 10.8. The molecule has 1 unspecified atom stereocenters. The van der Waals surface area contributed by atoms with Crippen molar-refractivity contribution < 1.29 is 9.90 Å². The molecular weight excluding hydrogens is 214 g/mol. The van der Waals surface area contributed by atoms with Crippen molar-refractivity contribution in [3.05, 3.63) is 34.9 Å². The van der Waals surface area contributed by atoms with E-state index in [-0.39, 0.29) is 12.4 Å². The Morgan fingerprint density at radius 3 is 2.93 bits per heavy atom. The monoisotopic (exact) mass is 227 g/mol. The van der Waals surface area contributed by atoms with Crippen molar-refractivity contribution in [2.24, 2.45) is 0 Å². The normalized spacial score (nSPS) is 18.9. The molecule has 1 aliphatic heterocycles. The molecule has 2 rings (SSSR count). The Morgan fingerprint density at radius 2 is 2.27 bits per heavy atom. The van der Waals surface area contributed by atoms with Crippen LogP contribution in [0.15, 0.2) is 18.2 Å². The van der Waals surface area contributed by atoms with Crippen molar-refractivity contribution in [3.8, 4) is 0 Å². The highest BCUT2D eigenvalue weighted by Gasteiger charge is 2.16. The van der Waals surface area contributed by atoms with Crippen LogP contribution in [0.2, 0.25) is 0 Å². The van der Waals surface area contributed by atoms with Crippen LogP contribution in [0.1, 0.15) is 34.5 Å². The van der Waals surface area contributed by atoms with E-state index in [2.05, 4.69) is 12.2 Å². The number of carboxylic acid groups (broad SMARTS) is 1. The summed E-state index contributed by atoms with van der Waals surface area (Å²) in [7, 11) is 0. The highest BCUT2D eigenvalue weighted by atomic mass is 35.5. The van der Waals surface area contributed by atoms with Crippen molar-refractivity contribution in [2.75, 3.05) is 6.54 Å². The SMILES string of the molecule is CC1NCCc2cc(C(=O)O)ccc21.Cl. The summed E-state index contributed by atoms with van der Waals surface area (Å²) in [5.41, 5.74) is 2.77. The lowest BCUT2D eigenvalue weighted by molar-refractivity contribution is 0.0696. The fraction of sp³-hybridized carbons (Fsp3) is 0.364. The Morgan fingerprint density at radius 1 is 1.53 bits per heavy atom. The smallest absolute Gasteiger partial charge is 0.335 e. The van der Waals surface area contributed by atoms with Crippen LogP contribution in [-0.2, 0) is 6.42 Å². The number of aromatic carboxylic acids is 1. The molecule has 15 heavy (non-hydrogen) atoms. The Bertz CT molecular complexity index is 379. The number of carbonyl (C=O) groups is 1. The van der Waals surface area contributed by atoms with Crippen LogP contribution in [0.5, 0.6) is 0 Å². The number of hydrogen-bond donors (Lipinski definition) is 2. The van der Waals surface area contributed by atoms with Gasteiger partial charge in [-0.2, -0.15) is 0 Å². The van der Waals surface area contributed by atoms with Gasteiger partial charge in [-0.15, -0.1) is 12.4 Å². The van der Waals surface area contributed by atoms with Crippen LogP contribution >= 0.6 is 12.4 Å². The number of fused-ring (bicyclic) bond motifs is 1. The molecule has 2 N–H and O–H groups in total. The molecule has 0 saturated carbocycles. The van der Waals surface area contributed by atoms with Gasteiger partial charge in [-0.1, -0.05) is 6.07 Å². The third kappa shape index (κ3) is 2.30. The van der Waals surface area contributed by atoms with Gasteiger partial charge in [0.2, 0.25) is 0 Å². The van der Waals surface area contributed by atoms with Crippen LogP contribution in [0, 0.1) is 0 Å². The van der Waals surface area contributed by atoms with Crippen LogP contribution in [0.3, 0.4) is 0 Å². The lowest BCUT2D eigenvalue weighted by Crippen LogP contribution is -2.27. The number of nitrogens with one attached hydrogen (secondary N) is 1. The summed E-state index contributed by atoms with van der Waals surface area (Å²) in [5, 5.41) is 12.2. The largest absolute Gasteiger partial charge is 0.478 e. The number of carboxylic acids is 1. The Hall–Kier alpha value is -1.06. The van der Waals surface area contributed by atoms with Gasteiger partial charge in [-0.3, -0.25) is 0 Å². The molecular formula is C11H14ClNO2. The van der Waals surface area contributed by atoms with E-state index in [1.165, 1.54) is 5.56 Å². The Labute approximate surface area is 94.9 Å². The van der Waals surface area contributed by atoms with Crippen LogP contribution < -0.4 is 5.32 Å². The van der Waals surface area contributed by atoms with Gasteiger partial charge in [0.25, 0.3) is 0 Å². The van der Waals surface area contributed by atoms with Crippen molar-refractivity contribution in [2.45, 2.75) is 19.4 Å². The van der Waals surface area contributed by atoms with E-state index < -0.39 is 5.97 Å². The average Bonchev–Trinajstić information content (AvgIpc) is 2.17. The van der Waals surface area contributed by atoms with Crippen LogP contribution in [0.4, 0.5) is 0 Å². The first-order valence-electron chi connectivity index (χ1n) is 4.78. The molecule has 1 aromatic rings.